The Balaban J connectivity index is 1.82. The summed E-state index contributed by atoms with van der Waals surface area (Å²) in [4.78, 5) is 0. The molecule has 2 nitrogen and oxygen atoms in total. The number of hydrogen-bond acceptors (Lipinski definition) is 2. The van der Waals surface area contributed by atoms with E-state index in [-0.39, 0.29) is 14.7 Å². The largest absolute Gasteiger partial charge is 0.381 e. The van der Waals surface area contributed by atoms with Crippen LogP contribution in [0.15, 0.2) is 0 Å². The van der Waals surface area contributed by atoms with E-state index in [1.54, 1.807) is 0 Å². The quantitative estimate of drug-likeness (QED) is 0.300. The van der Waals surface area contributed by atoms with Crippen LogP contribution in [0.25, 0.3) is 0 Å². The Hall–Kier alpha value is 0.350. The van der Waals surface area contributed by atoms with Gasteiger partial charge in [0.15, 0.2) is 0 Å². The second-order valence-corrected chi connectivity index (χ2v) is 12.6. The molecular weight excluding hydrogens is 349 g/mol. The topological polar surface area (TPSA) is 32.3 Å². The third kappa shape index (κ3) is 6.97. The SMILES string of the molecule is OCNC1CCCCCCC1P(C1CCCCCCC1)C1CCCCCC1. The third-order valence-electron chi connectivity index (χ3n) is 7.71. The van der Waals surface area contributed by atoms with Gasteiger partial charge in [-0.2, -0.15) is 0 Å². The molecule has 0 radical (unpaired) electrons. The van der Waals surface area contributed by atoms with Gasteiger partial charge in [0, 0.05) is 6.04 Å². The predicted molar refractivity (Wildman–Crippen MR) is 120 cm³/mol. The summed E-state index contributed by atoms with van der Waals surface area (Å²) in [7, 11) is 0.0856. The van der Waals surface area contributed by atoms with Crippen molar-refractivity contribution in [1.82, 2.24) is 5.32 Å². The van der Waals surface area contributed by atoms with Crippen LogP contribution in [0.5, 0.6) is 0 Å². The molecule has 3 heteroatoms. The maximum Gasteiger partial charge on any atom is 0.0933 e. The Kier molecular flexibility index (Phi) is 10.5. The molecule has 27 heavy (non-hydrogen) atoms. The van der Waals surface area contributed by atoms with Gasteiger partial charge in [-0.05, 0) is 55.5 Å². The molecule has 0 bridgehead atoms. The van der Waals surface area contributed by atoms with Crippen LogP contribution >= 0.6 is 7.92 Å². The number of nitrogens with one attached hydrogen (secondary N) is 1. The van der Waals surface area contributed by atoms with Crippen molar-refractivity contribution >= 4 is 7.92 Å². The highest BCUT2D eigenvalue weighted by atomic mass is 31.1. The van der Waals surface area contributed by atoms with Gasteiger partial charge in [0.25, 0.3) is 0 Å². The van der Waals surface area contributed by atoms with Gasteiger partial charge in [-0.15, -0.1) is 0 Å². The molecule has 0 aliphatic heterocycles. The van der Waals surface area contributed by atoms with Crippen LogP contribution in [0.1, 0.15) is 122 Å². The molecule has 3 atom stereocenters. The van der Waals surface area contributed by atoms with Crippen molar-refractivity contribution < 1.29 is 5.11 Å². The number of aliphatic hydroxyl groups excluding tert-OH is 1. The molecule has 0 aromatic rings. The highest BCUT2D eigenvalue weighted by Gasteiger charge is 2.38. The first-order chi connectivity index (χ1) is 13.4. The van der Waals surface area contributed by atoms with Crippen molar-refractivity contribution in [3.05, 3.63) is 0 Å². The minimum atomic E-state index is 0.0856. The van der Waals surface area contributed by atoms with E-state index in [0.717, 1.165) is 17.0 Å². The van der Waals surface area contributed by atoms with Crippen LogP contribution in [-0.4, -0.2) is 34.9 Å². The molecule has 3 aliphatic carbocycles. The zero-order chi connectivity index (χ0) is 18.7. The van der Waals surface area contributed by atoms with E-state index >= 15 is 0 Å². The summed E-state index contributed by atoms with van der Waals surface area (Å²) in [5, 5.41) is 13.3. The van der Waals surface area contributed by atoms with E-state index in [4.69, 9.17) is 0 Å². The molecule has 0 saturated heterocycles. The Morgan fingerprint density at radius 3 is 1.44 bits per heavy atom. The van der Waals surface area contributed by atoms with Crippen molar-refractivity contribution in [1.29, 1.82) is 0 Å². The summed E-state index contributed by atoms with van der Waals surface area (Å²) in [6.07, 6.45) is 27.8. The fraction of sp³-hybridized carbons (Fsp3) is 1.00. The number of hydrogen-bond donors (Lipinski definition) is 2. The van der Waals surface area contributed by atoms with Gasteiger partial charge >= 0.3 is 0 Å². The first-order valence-electron chi connectivity index (χ1n) is 12.5. The van der Waals surface area contributed by atoms with Gasteiger partial charge in [0.2, 0.25) is 0 Å². The lowest BCUT2D eigenvalue weighted by Crippen LogP contribution is -2.43. The zero-order valence-corrected chi connectivity index (χ0v) is 18.7. The van der Waals surface area contributed by atoms with Crippen LogP contribution in [0.4, 0.5) is 0 Å². The minimum absolute atomic E-state index is 0.0856. The average Bonchev–Trinajstić information content (AvgIpc) is 2.90. The molecule has 3 fully saturated rings. The fourth-order valence-corrected chi connectivity index (χ4v) is 11.1. The van der Waals surface area contributed by atoms with Crippen LogP contribution in [0, 0.1) is 0 Å². The summed E-state index contributed by atoms with van der Waals surface area (Å²) in [5.74, 6) is 0. The number of rotatable bonds is 5. The highest BCUT2D eigenvalue weighted by Crippen LogP contribution is 2.60. The van der Waals surface area contributed by atoms with E-state index < -0.39 is 0 Å². The maximum absolute atomic E-state index is 9.72. The highest BCUT2D eigenvalue weighted by molar-refractivity contribution is 7.60. The second kappa shape index (κ2) is 12.8. The molecule has 0 aromatic heterocycles. The molecule has 0 heterocycles. The van der Waals surface area contributed by atoms with Gasteiger partial charge in [0.05, 0.1) is 6.73 Å². The monoisotopic (exact) mass is 395 g/mol. The molecule has 3 saturated carbocycles. The lowest BCUT2D eigenvalue weighted by Gasteiger charge is -2.45. The van der Waals surface area contributed by atoms with Gasteiger partial charge in [0.1, 0.15) is 0 Å². The van der Waals surface area contributed by atoms with Crippen molar-refractivity contribution in [3.63, 3.8) is 0 Å². The summed E-state index contributed by atoms with van der Waals surface area (Å²) < 4.78 is 0. The lowest BCUT2D eigenvalue weighted by atomic mass is 9.96. The van der Waals surface area contributed by atoms with Gasteiger partial charge < -0.3 is 5.11 Å². The first kappa shape index (κ1) is 22.0. The van der Waals surface area contributed by atoms with Gasteiger partial charge in [-0.3, -0.25) is 5.32 Å². The Morgan fingerprint density at radius 2 is 0.963 bits per heavy atom. The van der Waals surface area contributed by atoms with E-state index in [9.17, 15) is 5.11 Å². The smallest absolute Gasteiger partial charge is 0.0933 e. The third-order valence-corrected chi connectivity index (χ3v) is 11.8. The summed E-state index contributed by atoms with van der Waals surface area (Å²) in [6, 6.07) is 0.593. The van der Waals surface area contributed by atoms with Crippen LogP contribution in [0.3, 0.4) is 0 Å². The lowest BCUT2D eigenvalue weighted by molar-refractivity contribution is 0.227. The molecule has 3 unspecified atom stereocenters. The second-order valence-electron chi connectivity index (χ2n) is 9.62. The maximum atomic E-state index is 9.72. The Labute approximate surface area is 170 Å². The van der Waals surface area contributed by atoms with E-state index in [0.29, 0.717) is 6.04 Å². The molecule has 2 N–H and O–H groups in total. The standard InChI is InChI=1S/C24H46NOP/c26-20-25-23-18-12-6-7-13-19-24(23)27(22-16-10-4-5-11-17-22)21-14-8-2-1-3-9-15-21/h21-26H,1-20H2. The molecule has 0 amide bonds. The molecule has 158 valence electrons. The summed E-state index contributed by atoms with van der Waals surface area (Å²) >= 11 is 0. The molecule has 0 aromatic carbocycles. The summed E-state index contributed by atoms with van der Waals surface area (Å²) in [5.41, 5.74) is 2.93. The molecule has 3 rings (SSSR count). The van der Waals surface area contributed by atoms with Gasteiger partial charge in [-0.1, -0.05) is 91.4 Å². The van der Waals surface area contributed by atoms with Crippen molar-refractivity contribution in [3.8, 4) is 0 Å². The van der Waals surface area contributed by atoms with Crippen molar-refractivity contribution in [2.75, 3.05) is 6.73 Å². The molecule has 0 spiro atoms. The van der Waals surface area contributed by atoms with Crippen LogP contribution in [-0.2, 0) is 0 Å². The average molecular weight is 396 g/mol. The van der Waals surface area contributed by atoms with Crippen LogP contribution in [0.2, 0.25) is 0 Å². The zero-order valence-electron chi connectivity index (χ0n) is 17.8. The van der Waals surface area contributed by atoms with E-state index in [1.165, 1.54) is 122 Å². The predicted octanol–water partition coefficient (Wildman–Crippen LogP) is 6.93. The Bertz CT molecular complexity index is 375. The van der Waals surface area contributed by atoms with E-state index in [1.807, 2.05) is 0 Å². The van der Waals surface area contributed by atoms with Crippen molar-refractivity contribution in [2.24, 2.45) is 0 Å². The molecular formula is C24H46NOP. The van der Waals surface area contributed by atoms with E-state index in [2.05, 4.69) is 5.32 Å². The minimum Gasteiger partial charge on any atom is -0.381 e. The van der Waals surface area contributed by atoms with Crippen LogP contribution < -0.4 is 5.32 Å². The Morgan fingerprint density at radius 1 is 0.556 bits per heavy atom. The normalized spacial score (nSPS) is 31.9. The summed E-state index contributed by atoms with van der Waals surface area (Å²) in [6.45, 7) is 0.180. The van der Waals surface area contributed by atoms with Crippen molar-refractivity contribution in [2.45, 2.75) is 145 Å². The fourth-order valence-electron chi connectivity index (χ4n) is 6.31. The first-order valence-corrected chi connectivity index (χ1v) is 14.1. The number of aliphatic hydroxyl groups is 1. The van der Waals surface area contributed by atoms with Gasteiger partial charge in [-0.25, -0.2) is 0 Å². The molecule has 3 aliphatic rings.